The Morgan fingerprint density at radius 2 is 2.08 bits per heavy atom. The lowest BCUT2D eigenvalue weighted by molar-refractivity contribution is 0.0730. The molecule has 2 N–H and O–H groups in total. The maximum atomic E-state index is 9.73. The highest BCUT2D eigenvalue weighted by Gasteiger charge is 2.22. The first-order chi connectivity index (χ1) is 12.3. The highest BCUT2D eigenvalue weighted by molar-refractivity contribution is 5.68. The number of para-hydroxylation sites is 1. The summed E-state index contributed by atoms with van der Waals surface area (Å²) in [5.41, 5.74) is 3.40. The summed E-state index contributed by atoms with van der Waals surface area (Å²) in [5.74, 6) is 0.700. The fraction of sp³-hybridized carbons (Fsp3) is 0.474. The number of anilines is 3. The second-order valence-electron chi connectivity index (χ2n) is 6.79. The van der Waals surface area contributed by atoms with Crippen molar-refractivity contribution >= 4 is 17.3 Å². The fourth-order valence-electron chi connectivity index (χ4n) is 3.68. The predicted molar refractivity (Wildman–Crippen MR) is 99.4 cm³/mol. The first-order valence-electron chi connectivity index (χ1n) is 9.12. The maximum absolute atomic E-state index is 9.73. The third-order valence-corrected chi connectivity index (χ3v) is 4.97. The van der Waals surface area contributed by atoms with E-state index in [1.807, 2.05) is 12.3 Å². The number of aliphatic hydroxyl groups is 1. The number of aromatic nitrogens is 2. The van der Waals surface area contributed by atoms with Crippen LogP contribution in [0.4, 0.5) is 17.3 Å². The molecule has 0 radical (unpaired) electrons. The molecule has 0 bridgehead atoms. The van der Waals surface area contributed by atoms with Crippen LogP contribution in [-0.4, -0.2) is 58.8 Å². The molecule has 6 nitrogen and oxygen atoms in total. The van der Waals surface area contributed by atoms with Crippen molar-refractivity contribution in [2.24, 2.45) is 0 Å². The highest BCUT2D eigenvalue weighted by Crippen LogP contribution is 2.32. The lowest BCUT2D eigenvalue weighted by atomic mass is 10.1. The number of β-amino-alcohol motifs (C(OH)–C–C–N with tert-alkyl or cyclic N) is 1. The van der Waals surface area contributed by atoms with Gasteiger partial charge in [-0.25, -0.2) is 9.97 Å². The van der Waals surface area contributed by atoms with Gasteiger partial charge in [0.15, 0.2) is 0 Å². The molecule has 25 heavy (non-hydrogen) atoms. The van der Waals surface area contributed by atoms with E-state index in [1.165, 1.54) is 5.69 Å². The average molecular weight is 339 g/mol. The van der Waals surface area contributed by atoms with Crippen molar-refractivity contribution in [2.75, 3.05) is 42.9 Å². The third kappa shape index (κ3) is 3.75. The van der Waals surface area contributed by atoms with Gasteiger partial charge < -0.3 is 15.3 Å². The molecule has 132 valence electrons. The van der Waals surface area contributed by atoms with E-state index >= 15 is 0 Å². The van der Waals surface area contributed by atoms with Gasteiger partial charge in [0.05, 0.1) is 23.7 Å². The fourth-order valence-corrected chi connectivity index (χ4v) is 3.68. The molecule has 3 heterocycles. The second-order valence-corrected chi connectivity index (χ2v) is 6.79. The van der Waals surface area contributed by atoms with Crippen molar-refractivity contribution in [3.8, 4) is 0 Å². The van der Waals surface area contributed by atoms with Crippen LogP contribution in [0, 0.1) is 0 Å². The molecule has 0 aliphatic carbocycles. The Kier molecular flexibility index (Phi) is 4.81. The van der Waals surface area contributed by atoms with Crippen LogP contribution in [0.3, 0.4) is 0 Å². The first-order valence-corrected chi connectivity index (χ1v) is 9.12. The van der Waals surface area contributed by atoms with Crippen molar-refractivity contribution in [2.45, 2.75) is 25.4 Å². The molecule has 1 atom stereocenters. The van der Waals surface area contributed by atoms with E-state index in [0.717, 1.165) is 63.4 Å². The molecule has 1 fully saturated rings. The number of nitrogens with zero attached hydrogens (tertiary/aromatic N) is 4. The van der Waals surface area contributed by atoms with Crippen LogP contribution in [0.2, 0.25) is 0 Å². The standard InChI is InChI=1S/C19H25N5O/c25-16-7-4-10-23(14-16)12-9-20-19-21-13-18-17(22-19)8-11-24(18)15-5-2-1-3-6-15/h1-3,5-6,13,16,25H,4,7-12,14H2,(H,20,21,22)/t16-/m0/s1. The van der Waals surface area contributed by atoms with E-state index in [2.05, 4.69) is 44.4 Å². The molecule has 1 saturated heterocycles. The number of rotatable bonds is 5. The summed E-state index contributed by atoms with van der Waals surface area (Å²) >= 11 is 0. The summed E-state index contributed by atoms with van der Waals surface area (Å²) < 4.78 is 0. The van der Waals surface area contributed by atoms with Gasteiger partial charge in [0, 0.05) is 38.3 Å². The summed E-state index contributed by atoms with van der Waals surface area (Å²) in [4.78, 5) is 13.8. The van der Waals surface area contributed by atoms with Crippen molar-refractivity contribution in [1.82, 2.24) is 14.9 Å². The molecule has 0 unspecified atom stereocenters. The Bertz CT molecular complexity index is 708. The zero-order valence-corrected chi connectivity index (χ0v) is 14.4. The zero-order chi connectivity index (χ0) is 17.1. The summed E-state index contributed by atoms with van der Waals surface area (Å²) in [6.07, 6.45) is 4.70. The lowest BCUT2D eigenvalue weighted by Crippen LogP contribution is -2.40. The minimum atomic E-state index is -0.172. The van der Waals surface area contributed by atoms with E-state index in [1.54, 1.807) is 0 Å². The number of benzene rings is 1. The maximum Gasteiger partial charge on any atom is 0.223 e. The normalized spacial score (nSPS) is 20.5. The van der Waals surface area contributed by atoms with Crippen LogP contribution in [0.1, 0.15) is 18.5 Å². The number of piperidine rings is 1. The van der Waals surface area contributed by atoms with Crippen LogP contribution in [0.15, 0.2) is 36.5 Å². The first kappa shape index (κ1) is 16.3. The Balaban J connectivity index is 1.36. The molecule has 0 saturated carbocycles. The van der Waals surface area contributed by atoms with Crippen LogP contribution in [0.25, 0.3) is 0 Å². The molecule has 2 aliphatic rings. The summed E-state index contributed by atoms with van der Waals surface area (Å²) in [6.45, 7) is 4.50. The molecule has 1 aromatic heterocycles. The third-order valence-electron chi connectivity index (χ3n) is 4.97. The molecule has 1 aromatic carbocycles. The van der Waals surface area contributed by atoms with Crippen molar-refractivity contribution in [3.05, 3.63) is 42.2 Å². The molecular formula is C19H25N5O. The minimum Gasteiger partial charge on any atom is -0.392 e. The van der Waals surface area contributed by atoms with Crippen LogP contribution < -0.4 is 10.2 Å². The van der Waals surface area contributed by atoms with Crippen molar-refractivity contribution in [3.63, 3.8) is 0 Å². The highest BCUT2D eigenvalue weighted by atomic mass is 16.3. The van der Waals surface area contributed by atoms with Gasteiger partial charge in [0.2, 0.25) is 5.95 Å². The van der Waals surface area contributed by atoms with Gasteiger partial charge >= 0.3 is 0 Å². The Morgan fingerprint density at radius 1 is 1.20 bits per heavy atom. The topological polar surface area (TPSA) is 64.5 Å². The van der Waals surface area contributed by atoms with E-state index in [4.69, 9.17) is 4.98 Å². The molecule has 0 spiro atoms. The van der Waals surface area contributed by atoms with Gasteiger partial charge in [-0.1, -0.05) is 18.2 Å². The molecular weight excluding hydrogens is 314 g/mol. The SMILES string of the molecule is O[C@H]1CCCN(CCNc2ncc3c(n2)CCN3c2ccccc2)C1. The number of hydrogen-bond donors (Lipinski definition) is 2. The van der Waals surface area contributed by atoms with Gasteiger partial charge in [-0.2, -0.15) is 0 Å². The van der Waals surface area contributed by atoms with Crippen LogP contribution in [-0.2, 0) is 6.42 Å². The van der Waals surface area contributed by atoms with E-state index < -0.39 is 0 Å². The lowest BCUT2D eigenvalue weighted by Gasteiger charge is -2.29. The van der Waals surface area contributed by atoms with E-state index in [9.17, 15) is 5.11 Å². The van der Waals surface area contributed by atoms with Crippen molar-refractivity contribution in [1.29, 1.82) is 0 Å². The minimum absolute atomic E-state index is 0.172. The summed E-state index contributed by atoms with van der Waals surface area (Å²) in [5, 5.41) is 13.1. The zero-order valence-electron chi connectivity index (χ0n) is 14.4. The Labute approximate surface area is 148 Å². The van der Waals surface area contributed by atoms with Gasteiger partial charge in [-0.3, -0.25) is 4.90 Å². The van der Waals surface area contributed by atoms with E-state index in [0.29, 0.717) is 5.95 Å². The summed E-state index contributed by atoms with van der Waals surface area (Å²) in [6, 6.07) is 10.4. The number of hydrogen-bond acceptors (Lipinski definition) is 6. The van der Waals surface area contributed by atoms with Gasteiger partial charge in [-0.15, -0.1) is 0 Å². The average Bonchev–Trinajstić information content (AvgIpc) is 3.06. The quantitative estimate of drug-likeness (QED) is 0.869. The predicted octanol–water partition coefficient (Wildman–Crippen LogP) is 2.04. The monoisotopic (exact) mass is 339 g/mol. The van der Waals surface area contributed by atoms with Gasteiger partial charge in [0.25, 0.3) is 0 Å². The Morgan fingerprint density at radius 3 is 2.92 bits per heavy atom. The number of aliphatic hydroxyl groups excluding tert-OH is 1. The largest absolute Gasteiger partial charge is 0.392 e. The molecule has 6 heteroatoms. The molecule has 2 aromatic rings. The van der Waals surface area contributed by atoms with Crippen LogP contribution >= 0.6 is 0 Å². The van der Waals surface area contributed by atoms with Gasteiger partial charge in [0.1, 0.15) is 0 Å². The molecule has 2 aliphatic heterocycles. The smallest absolute Gasteiger partial charge is 0.223 e. The molecule has 4 rings (SSSR count). The van der Waals surface area contributed by atoms with Crippen LogP contribution in [0.5, 0.6) is 0 Å². The number of fused-ring (bicyclic) bond motifs is 1. The van der Waals surface area contributed by atoms with Crippen molar-refractivity contribution < 1.29 is 5.11 Å². The molecule has 0 amide bonds. The second kappa shape index (κ2) is 7.37. The Hall–Kier alpha value is -2.18. The van der Waals surface area contributed by atoms with Gasteiger partial charge in [-0.05, 0) is 31.5 Å². The summed E-state index contributed by atoms with van der Waals surface area (Å²) in [7, 11) is 0. The number of likely N-dealkylation sites (tertiary alicyclic amines) is 1. The van der Waals surface area contributed by atoms with E-state index in [-0.39, 0.29) is 6.10 Å². The number of nitrogens with one attached hydrogen (secondary N) is 1.